The summed E-state index contributed by atoms with van der Waals surface area (Å²) in [6.45, 7) is 0.150. The molecule has 0 aliphatic heterocycles. The van der Waals surface area contributed by atoms with Gasteiger partial charge in [0.1, 0.15) is 18.0 Å². The van der Waals surface area contributed by atoms with Crippen LogP contribution in [-0.4, -0.2) is 15.3 Å². The molecular weight excluding hydrogens is 354 g/mol. The second-order valence-corrected chi connectivity index (χ2v) is 6.15. The molecule has 6 heteroatoms. The Morgan fingerprint density at radius 3 is 2.64 bits per heavy atom. The van der Waals surface area contributed by atoms with E-state index in [-0.39, 0.29) is 18.1 Å². The van der Waals surface area contributed by atoms with Crippen molar-refractivity contribution in [2.75, 3.05) is 5.32 Å². The number of carbonyl (C=O) groups is 1. The van der Waals surface area contributed by atoms with Crippen LogP contribution in [0.3, 0.4) is 0 Å². The number of carbonyl (C=O) groups excluding carboxylic acids is 1. The van der Waals surface area contributed by atoms with E-state index in [1.165, 1.54) is 10.5 Å². The number of hydrogen-bond donors (Lipinski definition) is 1. The molecule has 28 heavy (non-hydrogen) atoms. The van der Waals surface area contributed by atoms with Gasteiger partial charge in [-0.2, -0.15) is 0 Å². The molecule has 2 aromatic heterocycles. The largest absolute Gasteiger partial charge is 0.487 e. The molecule has 0 unspecified atom stereocenters. The van der Waals surface area contributed by atoms with Crippen molar-refractivity contribution in [3.05, 3.63) is 107 Å². The van der Waals surface area contributed by atoms with Crippen LogP contribution in [0.2, 0.25) is 0 Å². The lowest BCUT2D eigenvalue weighted by atomic mass is 10.2. The molecule has 0 atom stereocenters. The van der Waals surface area contributed by atoms with Gasteiger partial charge in [-0.3, -0.25) is 14.0 Å². The number of amides is 1. The maximum Gasteiger partial charge on any atom is 0.258 e. The number of fused-ring (bicyclic) bond motifs is 1. The van der Waals surface area contributed by atoms with Crippen molar-refractivity contribution in [3.8, 4) is 5.75 Å². The number of nitrogens with one attached hydrogen (secondary N) is 1. The third kappa shape index (κ3) is 3.91. The zero-order valence-electron chi connectivity index (χ0n) is 14.9. The van der Waals surface area contributed by atoms with Gasteiger partial charge in [0.05, 0.1) is 5.69 Å². The highest BCUT2D eigenvalue weighted by Crippen LogP contribution is 2.19. The topological polar surface area (TPSA) is 72.7 Å². The fraction of sp³-hybridized carbons (Fsp3) is 0.0455. The summed E-state index contributed by atoms with van der Waals surface area (Å²) in [6.07, 6.45) is 1.67. The molecule has 4 aromatic rings. The van der Waals surface area contributed by atoms with Gasteiger partial charge in [-0.1, -0.05) is 30.3 Å². The molecule has 0 fully saturated rings. The standard InChI is InChI=1S/C22H17N3O3/c26-21-14-18(23-20-11-4-5-12-25(20)21)15-28-19-10-6-9-17(13-19)24-22(27)16-7-2-1-3-8-16/h1-14H,15H2,(H,24,27). The summed E-state index contributed by atoms with van der Waals surface area (Å²) in [7, 11) is 0. The molecule has 6 nitrogen and oxygen atoms in total. The van der Waals surface area contributed by atoms with E-state index in [0.29, 0.717) is 28.3 Å². The SMILES string of the molecule is O=C(Nc1cccc(OCc2cc(=O)n3ccccc3n2)c1)c1ccccc1. The van der Waals surface area contributed by atoms with Crippen molar-refractivity contribution in [2.24, 2.45) is 0 Å². The number of aromatic nitrogens is 2. The molecule has 0 spiro atoms. The average molecular weight is 371 g/mol. The van der Waals surface area contributed by atoms with Gasteiger partial charge >= 0.3 is 0 Å². The number of rotatable bonds is 5. The minimum atomic E-state index is -0.193. The van der Waals surface area contributed by atoms with Crippen LogP contribution in [-0.2, 0) is 6.61 Å². The van der Waals surface area contributed by atoms with Crippen LogP contribution in [0, 0.1) is 0 Å². The van der Waals surface area contributed by atoms with Crippen molar-refractivity contribution in [3.63, 3.8) is 0 Å². The predicted molar refractivity (Wildman–Crippen MR) is 107 cm³/mol. The Bertz CT molecular complexity index is 1190. The first-order valence-corrected chi connectivity index (χ1v) is 8.76. The van der Waals surface area contributed by atoms with Crippen LogP contribution in [0.5, 0.6) is 5.75 Å². The molecule has 0 saturated carbocycles. The second-order valence-electron chi connectivity index (χ2n) is 6.15. The molecule has 0 radical (unpaired) electrons. The zero-order chi connectivity index (χ0) is 19.3. The smallest absolute Gasteiger partial charge is 0.258 e. The third-order valence-corrected chi connectivity index (χ3v) is 4.14. The van der Waals surface area contributed by atoms with Crippen LogP contribution in [0.4, 0.5) is 5.69 Å². The normalized spacial score (nSPS) is 10.6. The fourth-order valence-electron chi connectivity index (χ4n) is 2.79. The van der Waals surface area contributed by atoms with Gasteiger partial charge in [-0.15, -0.1) is 0 Å². The van der Waals surface area contributed by atoms with Crippen LogP contribution in [0.1, 0.15) is 16.1 Å². The molecule has 138 valence electrons. The third-order valence-electron chi connectivity index (χ3n) is 4.14. The average Bonchev–Trinajstić information content (AvgIpc) is 2.73. The second kappa shape index (κ2) is 7.75. The molecule has 0 aliphatic rings. The summed E-state index contributed by atoms with van der Waals surface area (Å²) in [5.74, 6) is 0.378. The van der Waals surface area contributed by atoms with E-state index in [1.807, 2.05) is 24.3 Å². The predicted octanol–water partition coefficient (Wildman–Crippen LogP) is 3.53. The summed E-state index contributed by atoms with van der Waals surface area (Å²) >= 11 is 0. The lowest BCUT2D eigenvalue weighted by Gasteiger charge is -2.09. The molecule has 2 heterocycles. The van der Waals surface area contributed by atoms with Crippen molar-refractivity contribution >= 4 is 17.2 Å². The van der Waals surface area contributed by atoms with E-state index in [1.54, 1.807) is 54.7 Å². The first kappa shape index (κ1) is 17.5. The first-order chi connectivity index (χ1) is 13.7. The molecule has 1 amide bonds. The van der Waals surface area contributed by atoms with Gasteiger partial charge in [0.2, 0.25) is 0 Å². The van der Waals surface area contributed by atoms with Gasteiger partial charge in [0, 0.05) is 29.6 Å². The number of anilines is 1. The summed E-state index contributed by atoms with van der Waals surface area (Å²) in [4.78, 5) is 28.8. The number of nitrogens with zero attached hydrogens (tertiary/aromatic N) is 2. The van der Waals surface area contributed by atoms with E-state index >= 15 is 0 Å². The summed E-state index contributed by atoms with van der Waals surface area (Å²) in [5.41, 5.74) is 2.15. The van der Waals surface area contributed by atoms with Crippen molar-refractivity contribution in [2.45, 2.75) is 6.61 Å². The lowest BCUT2D eigenvalue weighted by molar-refractivity contribution is 0.102. The molecule has 0 aliphatic carbocycles. The molecule has 4 rings (SSSR count). The van der Waals surface area contributed by atoms with E-state index in [0.717, 1.165) is 0 Å². The Hall–Kier alpha value is -3.93. The van der Waals surface area contributed by atoms with E-state index in [9.17, 15) is 9.59 Å². The Kier molecular flexibility index (Phi) is 4.84. The molecule has 0 bridgehead atoms. The van der Waals surface area contributed by atoms with Crippen LogP contribution >= 0.6 is 0 Å². The maximum atomic E-state index is 12.3. The molecule has 0 saturated heterocycles. The monoisotopic (exact) mass is 371 g/mol. The van der Waals surface area contributed by atoms with E-state index in [4.69, 9.17) is 4.74 Å². The summed E-state index contributed by atoms with van der Waals surface area (Å²) in [6, 6.07) is 22.9. The molecule has 1 N–H and O–H groups in total. The Labute approximate surface area is 161 Å². The van der Waals surface area contributed by atoms with Crippen LogP contribution in [0.25, 0.3) is 5.65 Å². The van der Waals surface area contributed by atoms with Crippen LogP contribution < -0.4 is 15.6 Å². The Morgan fingerprint density at radius 2 is 1.79 bits per heavy atom. The van der Waals surface area contributed by atoms with Crippen LogP contribution in [0.15, 0.2) is 89.9 Å². The van der Waals surface area contributed by atoms with Gasteiger partial charge < -0.3 is 10.1 Å². The highest BCUT2D eigenvalue weighted by atomic mass is 16.5. The summed E-state index contributed by atoms with van der Waals surface area (Å²) in [5, 5.41) is 2.84. The van der Waals surface area contributed by atoms with Gasteiger partial charge in [0.15, 0.2) is 0 Å². The number of benzene rings is 2. The Morgan fingerprint density at radius 1 is 0.964 bits per heavy atom. The lowest BCUT2D eigenvalue weighted by Crippen LogP contribution is -2.16. The van der Waals surface area contributed by atoms with E-state index in [2.05, 4.69) is 10.3 Å². The Balaban J connectivity index is 1.47. The fourth-order valence-corrected chi connectivity index (χ4v) is 2.79. The van der Waals surface area contributed by atoms with Gasteiger partial charge in [-0.25, -0.2) is 4.98 Å². The minimum absolute atomic E-state index is 0.150. The van der Waals surface area contributed by atoms with Crippen molar-refractivity contribution < 1.29 is 9.53 Å². The van der Waals surface area contributed by atoms with Crippen molar-refractivity contribution in [1.82, 2.24) is 9.38 Å². The number of hydrogen-bond acceptors (Lipinski definition) is 4. The number of pyridine rings is 1. The minimum Gasteiger partial charge on any atom is -0.487 e. The first-order valence-electron chi connectivity index (χ1n) is 8.76. The number of ether oxygens (including phenoxy) is 1. The quantitative estimate of drug-likeness (QED) is 0.583. The highest BCUT2D eigenvalue weighted by molar-refractivity contribution is 6.04. The zero-order valence-corrected chi connectivity index (χ0v) is 14.9. The van der Waals surface area contributed by atoms with E-state index < -0.39 is 0 Å². The highest BCUT2D eigenvalue weighted by Gasteiger charge is 2.07. The van der Waals surface area contributed by atoms with Gasteiger partial charge in [-0.05, 0) is 36.4 Å². The maximum absolute atomic E-state index is 12.3. The molecule has 2 aromatic carbocycles. The van der Waals surface area contributed by atoms with Gasteiger partial charge in [0.25, 0.3) is 11.5 Å². The molecular formula is C22H17N3O3. The summed E-state index contributed by atoms with van der Waals surface area (Å²) < 4.78 is 7.24. The van der Waals surface area contributed by atoms with Crippen molar-refractivity contribution in [1.29, 1.82) is 0 Å².